The van der Waals surface area contributed by atoms with Crippen molar-refractivity contribution in [3.8, 4) is 61.3 Å². The summed E-state index contributed by atoms with van der Waals surface area (Å²) in [4.78, 5) is 2.55. The van der Waals surface area contributed by atoms with Crippen molar-refractivity contribution in [2.24, 2.45) is 0 Å². The summed E-state index contributed by atoms with van der Waals surface area (Å²) in [5, 5.41) is 4.89. The first-order valence-corrected chi connectivity index (χ1v) is 30.7. The van der Waals surface area contributed by atoms with Crippen molar-refractivity contribution >= 4 is 49.6 Å². The molecule has 0 amide bonds. The van der Waals surface area contributed by atoms with Crippen LogP contribution in [0.4, 0.5) is 17.1 Å². The normalized spacial score (nSPS) is 12.8. The highest BCUT2D eigenvalue weighted by Crippen LogP contribution is 2.58. The number of hydrogen-bond donors (Lipinski definition) is 0. The number of rotatable bonds is 10. The Morgan fingerprint density at radius 2 is 0.828 bits per heavy atom. The Morgan fingerprint density at radius 1 is 0.322 bits per heavy atom. The molecule has 0 bridgehead atoms. The predicted octanol–water partition coefficient (Wildman–Crippen LogP) is 23.0. The maximum atomic E-state index is 2.55. The van der Waals surface area contributed by atoms with Crippen LogP contribution in [-0.4, -0.2) is 4.57 Å². The van der Waals surface area contributed by atoms with E-state index in [-0.39, 0.29) is 10.8 Å². The summed E-state index contributed by atoms with van der Waals surface area (Å²) in [6, 6.07) is 114. The molecule has 15 rings (SSSR count). The molecule has 0 N–H and O–H groups in total. The second kappa shape index (κ2) is 21.0. The average molecular weight is 1120 g/mol. The van der Waals surface area contributed by atoms with Gasteiger partial charge in [0, 0.05) is 38.8 Å². The highest BCUT2D eigenvalue weighted by Gasteiger charge is 2.46. The number of anilines is 3. The van der Waals surface area contributed by atoms with Crippen LogP contribution < -0.4 is 4.90 Å². The van der Waals surface area contributed by atoms with Crippen LogP contribution in [0, 0.1) is 0 Å². The van der Waals surface area contributed by atoms with E-state index in [2.05, 4.69) is 354 Å². The zero-order valence-electron chi connectivity index (χ0n) is 50.3. The van der Waals surface area contributed by atoms with Crippen LogP contribution in [0.5, 0.6) is 0 Å². The largest absolute Gasteiger partial charge is 0.309 e. The fraction of sp³-hybridized carbons (Fsp3) is 0.106. The molecule has 0 unspecified atom stereocenters. The average Bonchev–Trinajstić information content (AvgIpc) is 1.59. The molecular formula is C85H68N2. The monoisotopic (exact) mass is 1120 g/mol. The van der Waals surface area contributed by atoms with E-state index in [9.17, 15) is 0 Å². The van der Waals surface area contributed by atoms with Gasteiger partial charge in [-0.15, -0.1) is 0 Å². The lowest BCUT2D eigenvalue weighted by atomic mass is 9.67. The Morgan fingerprint density at radius 3 is 1.52 bits per heavy atom. The molecule has 1 aromatic heterocycles. The van der Waals surface area contributed by atoms with E-state index in [1.807, 2.05) is 0 Å². The first-order chi connectivity index (χ1) is 42.4. The maximum Gasteiger partial charge on any atom is 0.0713 e. The Hall–Kier alpha value is -10.3. The van der Waals surface area contributed by atoms with Gasteiger partial charge in [-0.25, -0.2) is 0 Å². The van der Waals surface area contributed by atoms with Gasteiger partial charge in [-0.2, -0.15) is 0 Å². The van der Waals surface area contributed by atoms with E-state index in [1.54, 1.807) is 0 Å². The minimum absolute atomic E-state index is 0.0461. The second-order valence-electron chi connectivity index (χ2n) is 25.6. The van der Waals surface area contributed by atoms with Crippen molar-refractivity contribution < 1.29 is 0 Å². The first-order valence-electron chi connectivity index (χ1n) is 30.7. The number of nitrogens with zero attached hydrogens (tertiary/aromatic N) is 2. The lowest BCUT2D eigenvalue weighted by molar-refractivity contribution is 0.569. The smallest absolute Gasteiger partial charge is 0.0713 e. The van der Waals surface area contributed by atoms with Gasteiger partial charge in [-0.1, -0.05) is 296 Å². The Balaban J connectivity index is 0.992. The summed E-state index contributed by atoms with van der Waals surface area (Å²) in [5.74, 6) is 0. The third-order valence-corrected chi connectivity index (χ3v) is 18.4. The van der Waals surface area contributed by atoms with E-state index in [0.29, 0.717) is 0 Å². The molecule has 2 heteroatoms. The highest BCUT2D eigenvalue weighted by molar-refractivity contribution is 6.14. The van der Waals surface area contributed by atoms with Gasteiger partial charge >= 0.3 is 0 Å². The number of hydrogen-bond acceptors (Lipinski definition) is 1. The molecule has 2 nitrogen and oxygen atoms in total. The Bertz CT molecular complexity index is 4860. The molecule has 14 aromatic rings. The van der Waals surface area contributed by atoms with Gasteiger partial charge < -0.3 is 9.47 Å². The SMILES string of the molecule is CC(C)(C)c1cc(-c2cccc3cccc(-c4ccccc4N(c4cccc(-c5cccc6c7ccccc7n(-c7ccccc7)c56)c4)c4ccccc4-c4ccc5c(c4)C(c4ccccc4)(c4ccccc4)c4ccccc4-5)c23)cc(C(C)(C)C)c1. The van der Waals surface area contributed by atoms with Gasteiger partial charge in [0.05, 0.1) is 27.8 Å². The number of fused-ring (bicyclic) bond motifs is 7. The number of para-hydroxylation sites is 5. The van der Waals surface area contributed by atoms with Crippen molar-refractivity contribution in [3.05, 3.63) is 337 Å². The van der Waals surface area contributed by atoms with Crippen molar-refractivity contribution in [1.29, 1.82) is 0 Å². The molecule has 0 aliphatic heterocycles. The molecule has 0 saturated carbocycles. The first kappa shape index (κ1) is 53.4. The Kier molecular flexibility index (Phi) is 12.9. The third-order valence-electron chi connectivity index (χ3n) is 18.4. The van der Waals surface area contributed by atoms with E-state index in [4.69, 9.17) is 0 Å². The highest BCUT2D eigenvalue weighted by atomic mass is 15.1. The summed E-state index contributed by atoms with van der Waals surface area (Å²) in [6.45, 7) is 14.0. The fourth-order valence-corrected chi connectivity index (χ4v) is 14.2. The van der Waals surface area contributed by atoms with Gasteiger partial charge in [0.2, 0.25) is 0 Å². The summed E-state index contributed by atoms with van der Waals surface area (Å²) in [5.41, 5.74) is 25.7. The molecule has 1 heterocycles. The van der Waals surface area contributed by atoms with Crippen molar-refractivity contribution in [2.75, 3.05) is 4.90 Å². The molecule has 0 saturated heterocycles. The van der Waals surface area contributed by atoms with Crippen LogP contribution >= 0.6 is 0 Å². The van der Waals surface area contributed by atoms with Gasteiger partial charge in [-0.3, -0.25) is 0 Å². The minimum Gasteiger partial charge on any atom is -0.309 e. The zero-order chi connectivity index (χ0) is 59.0. The molecule has 0 spiro atoms. The van der Waals surface area contributed by atoms with E-state index in [0.717, 1.165) is 50.6 Å². The van der Waals surface area contributed by atoms with Gasteiger partial charge in [-0.05, 0) is 142 Å². The van der Waals surface area contributed by atoms with Crippen LogP contribution in [0.1, 0.15) is 74.9 Å². The zero-order valence-corrected chi connectivity index (χ0v) is 50.3. The van der Waals surface area contributed by atoms with Crippen LogP contribution in [-0.2, 0) is 16.2 Å². The maximum absolute atomic E-state index is 2.55. The van der Waals surface area contributed by atoms with Gasteiger partial charge in [0.25, 0.3) is 0 Å². The van der Waals surface area contributed by atoms with Gasteiger partial charge in [0.15, 0.2) is 0 Å². The van der Waals surface area contributed by atoms with E-state index in [1.165, 1.54) is 93.8 Å². The van der Waals surface area contributed by atoms with Crippen molar-refractivity contribution in [1.82, 2.24) is 4.57 Å². The molecule has 1 aliphatic carbocycles. The van der Waals surface area contributed by atoms with Gasteiger partial charge in [0.1, 0.15) is 0 Å². The molecule has 0 fully saturated rings. The summed E-state index contributed by atoms with van der Waals surface area (Å²) < 4.78 is 2.45. The number of aromatic nitrogens is 1. The summed E-state index contributed by atoms with van der Waals surface area (Å²) in [7, 11) is 0. The molecule has 418 valence electrons. The van der Waals surface area contributed by atoms with Crippen LogP contribution in [0.3, 0.4) is 0 Å². The fourth-order valence-electron chi connectivity index (χ4n) is 14.2. The summed E-state index contributed by atoms with van der Waals surface area (Å²) >= 11 is 0. The van der Waals surface area contributed by atoms with Crippen LogP contribution in [0.15, 0.2) is 303 Å². The summed E-state index contributed by atoms with van der Waals surface area (Å²) in [6.07, 6.45) is 0. The standard InChI is InChI=1S/C85H68N2/c1-83(2,3)63-52-60(53-64(56-63)84(4,5)6)68-42-25-28-57-29-26-44-74(81(57)68)72-40-18-22-48-79(72)86(66-37-24-30-58(54-66)69-43-27-45-75-73-41-19-23-49-80(73)87(82(69)75)65-35-14-9-15-36-65)78-47-21-17-38-67(78)59-50-51-71-70-39-16-20-46-76(70)85(77(71)55-59,61-31-10-7-11-32-61)62-33-12-8-13-34-62/h7-56H,1-6H3. The molecule has 0 radical (unpaired) electrons. The molecule has 0 atom stereocenters. The van der Waals surface area contributed by atoms with Crippen LogP contribution in [0.25, 0.3) is 93.9 Å². The van der Waals surface area contributed by atoms with E-state index < -0.39 is 5.41 Å². The third kappa shape index (κ3) is 8.93. The molecule has 87 heavy (non-hydrogen) atoms. The minimum atomic E-state index is -0.560. The number of benzene rings is 13. The predicted molar refractivity (Wildman–Crippen MR) is 369 cm³/mol. The lowest BCUT2D eigenvalue weighted by Crippen LogP contribution is -2.28. The van der Waals surface area contributed by atoms with Crippen molar-refractivity contribution in [2.45, 2.75) is 57.8 Å². The second-order valence-corrected chi connectivity index (χ2v) is 25.6. The van der Waals surface area contributed by atoms with Crippen LogP contribution in [0.2, 0.25) is 0 Å². The quantitative estimate of drug-likeness (QED) is 0.132. The lowest BCUT2D eigenvalue weighted by Gasteiger charge is -2.34. The molecular weight excluding hydrogens is 1050 g/mol. The Labute approximate surface area is 512 Å². The molecule has 13 aromatic carbocycles. The van der Waals surface area contributed by atoms with Crippen molar-refractivity contribution in [3.63, 3.8) is 0 Å². The van der Waals surface area contributed by atoms with E-state index >= 15 is 0 Å². The molecule has 1 aliphatic rings. The topological polar surface area (TPSA) is 8.17 Å².